The van der Waals surface area contributed by atoms with Gasteiger partial charge < -0.3 is 19.4 Å². The zero-order valence-electron chi connectivity index (χ0n) is 19.8. The summed E-state index contributed by atoms with van der Waals surface area (Å²) in [4.78, 5) is 29.5. The normalized spacial score (nSPS) is 14.3. The Bertz CT molecular complexity index is 1050. The van der Waals surface area contributed by atoms with Gasteiger partial charge in [0.05, 0.1) is 24.7 Å². The Labute approximate surface area is 194 Å². The Morgan fingerprint density at radius 2 is 1.97 bits per heavy atom. The van der Waals surface area contributed by atoms with Crippen molar-refractivity contribution < 1.29 is 19.1 Å². The molecule has 0 bridgehead atoms. The molecule has 2 heterocycles. The van der Waals surface area contributed by atoms with Gasteiger partial charge in [-0.1, -0.05) is 18.2 Å². The summed E-state index contributed by atoms with van der Waals surface area (Å²) in [6, 6.07) is 10.3. The van der Waals surface area contributed by atoms with Gasteiger partial charge in [0, 0.05) is 17.9 Å². The monoisotopic (exact) mass is 452 g/mol. The second-order valence-electron chi connectivity index (χ2n) is 9.16. The molecule has 0 aliphatic carbocycles. The summed E-state index contributed by atoms with van der Waals surface area (Å²) in [5, 5.41) is 12.9. The smallest absolute Gasteiger partial charge is 0.407 e. The first-order valence-electron chi connectivity index (χ1n) is 11.4. The quantitative estimate of drug-likeness (QED) is 0.479. The molecule has 1 unspecified atom stereocenters. The standard InChI is InChI=1S/C25H32N4O4/c1-5-32-22(30)25(16-26,14-8-9-15-27-23(31)33-24(2,3)4)21-20-13-12-18-10-6-7-11-19(18)29(20)17-28-21/h6-7,10-11,17H,5,8-9,12-15H2,1-4H3,(H,27,31). The molecule has 8 nitrogen and oxygen atoms in total. The van der Waals surface area contributed by atoms with E-state index in [1.54, 1.807) is 34.0 Å². The van der Waals surface area contributed by atoms with Crippen LogP contribution in [0.25, 0.3) is 5.69 Å². The molecule has 0 saturated carbocycles. The van der Waals surface area contributed by atoms with Crippen molar-refractivity contribution in [3.05, 3.63) is 47.5 Å². The molecule has 2 aromatic rings. The average molecular weight is 453 g/mol. The van der Waals surface area contributed by atoms with Crippen LogP contribution in [0.2, 0.25) is 0 Å². The predicted molar refractivity (Wildman–Crippen MR) is 123 cm³/mol. The van der Waals surface area contributed by atoms with Gasteiger partial charge in [0.2, 0.25) is 0 Å². The van der Waals surface area contributed by atoms with Crippen LogP contribution >= 0.6 is 0 Å². The van der Waals surface area contributed by atoms with Gasteiger partial charge in [0.1, 0.15) is 5.60 Å². The number of nitrogens with zero attached hydrogens (tertiary/aromatic N) is 3. The third-order valence-corrected chi connectivity index (χ3v) is 5.61. The van der Waals surface area contributed by atoms with Gasteiger partial charge in [0.15, 0.2) is 5.41 Å². The number of imidazole rings is 1. The van der Waals surface area contributed by atoms with E-state index < -0.39 is 23.1 Å². The summed E-state index contributed by atoms with van der Waals surface area (Å²) < 4.78 is 12.5. The first-order chi connectivity index (χ1) is 15.7. The van der Waals surface area contributed by atoms with Gasteiger partial charge in [-0.25, -0.2) is 14.6 Å². The van der Waals surface area contributed by atoms with Crippen LogP contribution in [0.5, 0.6) is 0 Å². The Balaban J connectivity index is 1.78. The van der Waals surface area contributed by atoms with Gasteiger partial charge in [-0.05, 0) is 71.4 Å². The number of aryl methyl sites for hydroxylation is 1. The first kappa shape index (κ1) is 24.3. The maximum atomic E-state index is 13.1. The lowest BCUT2D eigenvalue weighted by Gasteiger charge is -2.26. The van der Waals surface area contributed by atoms with Crippen LogP contribution in [-0.4, -0.2) is 40.4 Å². The molecule has 1 aliphatic heterocycles. The first-order valence-corrected chi connectivity index (χ1v) is 11.4. The number of benzene rings is 1. The number of nitrogens with one attached hydrogen (secondary N) is 1. The highest BCUT2D eigenvalue weighted by molar-refractivity contribution is 5.86. The number of unbranched alkanes of at least 4 members (excludes halogenated alkanes) is 1. The largest absolute Gasteiger partial charge is 0.465 e. The van der Waals surface area contributed by atoms with Crippen molar-refractivity contribution in [2.24, 2.45) is 0 Å². The van der Waals surface area contributed by atoms with Crippen molar-refractivity contribution in [3.8, 4) is 11.8 Å². The summed E-state index contributed by atoms with van der Waals surface area (Å²) >= 11 is 0. The third kappa shape index (κ3) is 5.36. The molecule has 3 rings (SSSR count). The summed E-state index contributed by atoms with van der Waals surface area (Å²) in [5.41, 5.74) is 1.52. The number of para-hydroxylation sites is 1. The molecule has 0 radical (unpaired) electrons. The van der Waals surface area contributed by atoms with Gasteiger partial charge in [-0.3, -0.25) is 0 Å². The van der Waals surface area contributed by atoms with Gasteiger partial charge in [0.25, 0.3) is 0 Å². The van der Waals surface area contributed by atoms with Crippen molar-refractivity contribution in [2.45, 2.75) is 70.8 Å². The average Bonchev–Trinajstić information content (AvgIpc) is 3.20. The number of fused-ring (bicyclic) bond motifs is 3. The topological polar surface area (TPSA) is 106 Å². The van der Waals surface area contributed by atoms with Crippen LogP contribution in [0.15, 0.2) is 30.6 Å². The molecule has 8 heteroatoms. The number of hydrogen-bond donors (Lipinski definition) is 1. The number of carbonyl (C=O) groups excluding carboxylic acids is 2. The Kier molecular flexibility index (Phi) is 7.42. The van der Waals surface area contributed by atoms with E-state index in [1.165, 1.54) is 5.56 Å². The van der Waals surface area contributed by atoms with Crippen molar-refractivity contribution in [1.29, 1.82) is 5.26 Å². The van der Waals surface area contributed by atoms with Gasteiger partial charge in [-0.2, -0.15) is 5.26 Å². The number of alkyl carbamates (subject to hydrolysis) is 1. The lowest BCUT2D eigenvalue weighted by molar-refractivity contribution is -0.148. The van der Waals surface area contributed by atoms with Gasteiger partial charge in [-0.15, -0.1) is 0 Å². The van der Waals surface area contributed by atoms with Crippen molar-refractivity contribution in [2.75, 3.05) is 13.2 Å². The van der Waals surface area contributed by atoms with Gasteiger partial charge >= 0.3 is 12.1 Å². The van der Waals surface area contributed by atoms with E-state index in [2.05, 4.69) is 22.4 Å². The Morgan fingerprint density at radius 1 is 1.21 bits per heavy atom. The highest BCUT2D eigenvalue weighted by Crippen LogP contribution is 2.36. The molecule has 1 aromatic carbocycles. The van der Waals surface area contributed by atoms with Crippen molar-refractivity contribution >= 4 is 12.1 Å². The molecular formula is C25H32N4O4. The number of amides is 1. The van der Waals surface area contributed by atoms with Crippen LogP contribution in [0.4, 0.5) is 4.79 Å². The van der Waals surface area contributed by atoms with E-state index in [4.69, 9.17) is 9.47 Å². The van der Waals surface area contributed by atoms with E-state index in [0.29, 0.717) is 31.5 Å². The Morgan fingerprint density at radius 3 is 2.67 bits per heavy atom. The third-order valence-electron chi connectivity index (χ3n) is 5.61. The minimum atomic E-state index is -1.49. The van der Waals surface area contributed by atoms with Crippen LogP contribution in [0.1, 0.15) is 63.9 Å². The molecular weight excluding hydrogens is 420 g/mol. The SMILES string of the molecule is CCOC(=O)C(C#N)(CCCCNC(=O)OC(C)(C)C)c1ncn2c1CCc1ccccc1-2. The minimum absolute atomic E-state index is 0.182. The molecule has 0 fully saturated rings. The summed E-state index contributed by atoms with van der Waals surface area (Å²) in [6.45, 7) is 7.70. The summed E-state index contributed by atoms with van der Waals surface area (Å²) in [6.07, 6.45) is 4.09. The Hall–Kier alpha value is -3.34. The number of esters is 1. The van der Waals surface area contributed by atoms with Crippen LogP contribution in [0.3, 0.4) is 0 Å². The van der Waals surface area contributed by atoms with E-state index in [1.807, 2.05) is 22.8 Å². The lowest BCUT2D eigenvalue weighted by Crippen LogP contribution is -2.38. The molecule has 0 saturated heterocycles. The number of hydrogen-bond acceptors (Lipinski definition) is 6. The summed E-state index contributed by atoms with van der Waals surface area (Å²) in [7, 11) is 0. The minimum Gasteiger partial charge on any atom is -0.465 e. The lowest BCUT2D eigenvalue weighted by atomic mass is 9.79. The molecule has 0 spiro atoms. The number of carbonyl (C=O) groups is 2. The number of nitriles is 1. The fourth-order valence-electron chi connectivity index (χ4n) is 4.13. The second kappa shape index (κ2) is 10.1. The molecule has 1 aromatic heterocycles. The predicted octanol–water partition coefficient (Wildman–Crippen LogP) is 3.99. The van der Waals surface area contributed by atoms with Crippen LogP contribution in [-0.2, 0) is 32.5 Å². The fourth-order valence-corrected chi connectivity index (χ4v) is 4.13. The van der Waals surface area contributed by atoms with E-state index in [9.17, 15) is 14.9 Å². The zero-order chi connectivity index (χ0) is 24.1. The molecule has 1 N–H and O–H groups in total. The highest BCUT2D eigenvalue weighted by Gasteiger charge is 2.46. The van der Waals surface area contributed by atoms with Crippen molar-refractivity contribution in [1.82, 2.24) is 14.9 Å². The van der Waals surface area contributed by atoms with E-state index >= 15 is 0 Å². The number of rotatable bonds is 8. The molecule has 1 aliphatic rings. The molecule has 176 valence electrons. The highest BCUT2D eigenvalue weighted by atomic mass is 16.6. The molecule has 1 amide bonds. The maximum Gasteiger partial charge on any atom is 0.407 e. The molecule has 33 heavy (non-hydrogen) atoms. The van der Waals surface area contributed by atoms with Crippen molar-refractivity contribution in [3.63, 3.8) is 0 Å². The van der Waals surface area contributed by atoms with E-state index in [-0.39, 0.29) is 13.0 Å². The second-order valence-corrected chi connectivity index (χ2v) is 9.16. The summed E-state index contributed by atoms with van der Waals surface area (Å²) in [5.74, 6) is -0.576. The fraction of sp³-hybridized carbons (Fsp3) is 0.520. The number of aromatic nitrogens is 2. The number of ether oxygens (including phenoxy) is 2. The molecule has 1 atom stereocenters. The maximum absolute atomic E-state index is 13.1. The zero-order valence-corrected chi connectivity index (χ0v) is 19.8. The van der Waals surface area contributed by atoms with Crippen LogP contribution < -0.4 is 5.32 Å². The van der Waals surface area contributed by atoms with Crippen LogP contribution in [0, 0.1) is 11.3 Å². The van der Waals surface area contributed by atoms with E-state index in [0.717, 1.165) is 17.8 Å².